The Labute approximate surface area is 102 Å². The smallest absolute Gasteiger partial charge is 0.0771 e. The molecule has 2 N–H and O–H groups in total. The lowest BCUT2D eigenvalue weighted by atomic mass is 9.94. The van der Waals surface area contributed by atoms with E-state index in [0.29, 0.717) is 0 Å². The largest absolute Gasteiger partial charge is 0.389 e. The molecule has 0 aliphatic heterocycles. The molecule has 0 saturated heterocycles. The third kappa shape index (κ3) is 3.58. The van der Waals surface area contributed by atoms with Gasteiger partial charge in [0.2, 0.25) is 0 Å². The zero-order valence-electron chi connectivity index (χ0n) is 9.74. The molecule has 1 aliphatic rings. The van der Waals surface area contributed by atoms with Gasteiger partial charge in [0.25, 0.3) is 0 Å². The molecule has 1 aromatic heterocycles. The summed E-state index contributed by atoms with van der Waals surface area (Å²) in [5, 5.41) is 18.1. The fourth-order valence-electron chi connectivity index (χ4n) is 2.40. The Bertz CT molecular complexity index is 289. The Morgan fingerprint density at radius 2 is 2.00 bits per heavy atom. The minimum Gasteiger partial charge on any atom is -0.389 e. The molecule has 1 aromatic rings. The summed E-state index contributed by atoms with van der Waals surface area (Å²) < 4.78 is 0. The molecule has 1 heterocycles. The van der Waals surface area contributed by atoms with Crippen LogP contribution in [-0.4, -0.2) is 17.3 Å². The predicted octanol–water partition coefficient (Wildman–Crippen LogP) is 2.92. The summed E-state index contributed by atoms with van der Waals surface area (Å²) in [6.45, 7) is 1.62. The SMILES string of the molecule is OC1(CNCc2ccsc2)CCCCCC1. The summed E-state index contributed by atoms with van der Waals surface area (Å²) in [7, 11) is 0. The van der Waals surface area contributed by atoms with Gasteiger partial charge in [0.15, 0.2) is 0 Å². The van der Waals surface area contributed by atoms with Gasteiger partial charge in [-0.25, -0.2) is 0 Å². The second-order valence-corrected chi connectivity index (χ2v) is 5.65. The second-order valence-electron chi connectivity index (χ2n) is 4.87. The molecule has 0 spiro atoms. The molecule has 0 bridgehead atoms. The van der Waals surface area contributed by atoms with E-state index in [1.54, 1.807) is 11.3 Å². The van der Waals surface area contributed by atoms with Gasteiger partial charge in [0.1, 0.15) is 0 Å². The van der Waals surface area contributed by atoms with E-state index in [1.165, 1.54) is 31.2 Å². The maximum absolute atomic E-state index is 10.4. The topological polar surface area (TPSA) is 32.3 Å². The van der Waals surface area contributed by atoms with Gasteiger partial charge < -0.3 is 10.4 Å². The van der Waals surface area contributed by atoms with Crippen LogP contribution in [0.1, 0.15) is 44.1 Å². The van der Waals surface area contributed by atoms with Gasteiger partial charge in [-0.3, -0.25) is 0 Å². The summed E-state index contributed by atoms with van der Waals surface area (Å²) in [6.07, 6.45) is 6.85. The molecule has 0 radical (unpaired) electrons. The first-order valence-corrected chi connectivity index (χ1v) is 7.17. The van der Waals surface area contributed by atoms with Crippen LogP contribution in [0.2, 0.25) is 0 Å². The number of hydrogen-bond acceptors (Lipinski definition) is 3. The van der Waals surface area contributed by atoms with Crippen molar-refractivity contribution >= 4 is 11.3 Å². The molecular formula is C13H21NOS. The summed E-state index contributed by atoms with van der Waals surface area (Å²) in [5.41, 5.74) is 0.870. The molecule has 2 nitrogen and oxygen atoms in total. The third-order valence-corrected chi connectivity index (χ3v) is 4.13. The van der Waals surface area contributed by atoms with Gasteiger partial charge in [-0.1, -0.05) is 25.7 Å². The molecule has 0 unspecified atom stereocenters. The molecule has 1 aliphatic carbocycles. The standard InChI is InChI=1S/C13H21NOS/c15-13(6-3-1-2-4-7-13)11-14-9-12-5-8-16-10-12/h5,8,10,14-15H,1-4,6-7,9,11H2. The zero-order valence-corrected chi connectivity index (χ0v) is 10.6. The molecule has 2 rings (SSSR count). The van der Waals surface area contributed by atoms with Gasteiger partial charge in [0, 0.05) is 13.1 Å². The van der Waals surface area contributed by atoms with Crippen molar-refractivity contribution in [2.75, 3.05) is 6.54 Å². The minimum atomic E-state index is -0.452. The van der Waals surface area contributed by atoms with Gasteiger partial charge in [-0.2, -0.15) is 11.3 Å². The van der Waals surface area contributed by atoms with Crippen molar-refractivity contribution in [2.24, 2.45) is 0 Å². The van der Waals surface area contributed by atoms with Gasteiger partial charge in [0.05, 0.1) is 5.60 Å². The molecule has 1 fully saturated rings. The van der Waals surface area contributed by atoms with Crippen molar-refractivity contribution < 1.29 is 5.11 Å². The van der Waals surface area contributed by atoms with Crippen LogP contribution >= 0.6 is 11.3 Å². The van der Waals surface area contributed by atoms with E-state index in [9.17, 15) is 5.11 Å². The van der Waals surface area contributed by atoms with E-state index in [-0.39, 0.29) is 0 Å². The van der Waals surface area contributed by atoms with E-state index in [1.807, 2.05) is 0 Å². The zero-order chi connectivity index (χ0) is 11.3. The average Bonchev–Trinajstić information content (AvgIpc) is 2.68. The first kappa shape index (κ1) is 12.1. The maximum atomic E-state index is 10.4. The third-order valence-electron chi connectivity index (χ3n) is 3.40. The minimum absolute atomic E-state index is 0.452. The average molecular weight is 239 g/mol. The number of nitrogens with one attached hydrogen (secondary N) is 1. The summed E-state index contributed by atoms with van der Waals surface area (Å²) >= 11 is 1.73. The van der Waals surface area contributed by atoms with E-state index in [0.717, 1.165) is 25.9 Å². The van der Waals surface area contributed by atoms with Crippen LogP contribution in [0.25, 0.3) is 0 Å². The van der Waals surface area contributed by atoms with Crippen LogP contribution < -0.4 is 5.32 Å². The Morgan fingerprint density at radius 3 is 2.62 bits per heavy atom. The quantitative estimate of drug-likeness (QED) is 0.792. The van der Waals surface area contributed by atoms with Crippen molar-refractivity contribution in [3.63, 3.8) is 0 Å². The normalized spacial score (nSPS) is 20.6. The van der Waals surface area contributed by atoms with Crippen molar-refractivity contribution in [3.8, 4) is 0 Å². The molecule has 0 atom stereocenters. The molecule has 16 heavy (non-hydrogen) atoms. The molecular weight excluding hydrogens is 218 g/mol. The van der Waals surface area contributed by atoms with Crippen LogP contribution in [0.5, 0.6) is 0 Å². The lowest BCUT2D eigenvalue weighted by molar-refractivity contribution is 0.0250. The number of aliphatic hydroxyl groups is 1. The van der Waals surface area contributed by atoms with Crippen LogP contribution in [-0.2, 0) is 6.54 Å². The van der Waals surface area contributed by atoms with E-state index in [2.05, 4.69) is 22.1 Å². The van der Waals surface area contributed by atoms with Crippen LogP contribution in [0.4, 0.5) is 0 Å². The summed E-state index contributed by atoms with van der Waals surface area (Å²) in [4.78, 5) is 0. The molecule has 3 heteroatoms. The number of hydrogen-bond donors (Lipinski definition) is 2. The highest BCUT2D eigenvalue weighted by Gasteiger charge is 2.27. The van der Waals surface area contributed by atoms with Gasteiger partial charge in [-0.15, -0.1) is 0 Å². The van der Waals surface area contributed by atoms with Gasteiger partial charge >= 0.3 is 0 Å². The fraction of sp³-hybridized carbons (Fsp3) is 0.692. The van der Waals surface area contributed by atoms with Crippen molar-refractivity contribution in [3.05, 3.63) is 22.4 Å². The fourth-order valence-corrected chi connectivity index (χ4v) is 3.06. The Hall–Kier alpha value is -0.380. The predicted molar refractivity (Wildman–Crippen MR) is 68.7 cm³/mol. The Balaban J connectivity index is 1.75. The highest BCUT2D eigenvalue weighted by molar-refractivity contribution is 7.07. The lowest BCUT2D eigenvalue weighted by Gasteiger charge is -2.26. The van der Waals surface area contributed by atoms with Crippen molar-refractivity contribution in [1.82, 2.24) is 5.32 Å². The van der Waals surface area contributed by atoms with E-state index >= 15 is 0 Å². The van der Waals surface area contributed by atoms with Crippen molar-refractivity contribution in [1.29, 1.82) is 0 Å². The van der Waals surface area contributed by atoms with E-state index < -0.39 is 5.60 Å². The van der Waals surface area contributed by atoms with Crippen LogP contribution in [0.3, 0.4) is 0 Å². The first-order chi connectivity index (χ1) is 7.79. The Morgan fingerprint density at radius 1 is 1.25 bits per heavy atom. The number of rotatable bonds is 4. The number of thiophene rings is 1. The first-order valence-electron chi connectivity index (χ1n) is 6.23. The molecule has 0 amide bonds. The van der Waals surface area contributed by atoms with Gasteiger partial charge in [-0.05, 0) is 35.2 Å². The summed E-state index contributed by atoms with van der Waals surface area (Å²) in [6, 6.07) is 2.13. The monoisotopic (exact) mass is 239 g/mol. The van der Waals surface area contributed by atoms with E-state index in [4.69, 9.17) is 0 Å². The maximum Gasteiger partial charge on any atom is 0.0771 e. The highest BCUT2D eigenvalue weighted by atomic mass is 32.1. The van der Waals surface area contributed by atoms with Crippen molar-refractivity contribution in [2.45, 2.75) is 50.7 Å². The van der Waals surface area contributed by atoms with Crippen LogP contribution in [0, 0.1) is 0 Å². The summed E-state index contributed by atoms with van der Waals surface area (Å²) in [5.74, 6) is 0. The molecule has 0 aromatic carbocycles. The molecule has 1 saturated carbocycles. The highest BCUT2D eigenvalue weighted by Crippen LogP contribution is 2.26. The molecule has 90 valence electrons. The second kappa shape index (κ2) is 5.80. The lowest BCUT2D eigenvalue weighted by Crippen LogP contribution is -2.39. The Kier molecular flexibility index (Phi) is 4.38. The van der Waals surface area contributed by atoms with Crippen LogP contribution in [0.15, 0.2) is 16.8 Å².